The Kier molecular flexibility index (Phi) is 2.53. The third-order valence-corrected chi connectivity index (χ3v) is 3.89. The number of fused-ring (bicyclic) bond motifs is 2. The fourth-order valence-electron chi connectivity index (χ4n) is 2.76. The first-order chi connectivity index (χ1) is 10.2. The first-order valence-corrected chi connectivity index (χ1v) is 6.82. The lowest BCUT2D eigenvalue weighted by Gasteiger charge is -2.26. The fraction of sp³-hybridized carbons (Fsp3) is 0.286. The van der Waals surface area contributed by atoms with Gasteiger partial charge in [-0.3, -0.25) is 9.48 Å². The first-order valence-electron chi connectivity index (χ1n) is 6.82. The van der Waals surface area contributed by atoms with Crippen molar-refractivity contribution in [3.8, 4) is 0 Å². The molecule has 7 heteroatoms. The van der Waals surface area contributed by atoms with Crippen LogP contribution in [0.5, 0.6) is 0 Å². The monoisotopic (exact) mass is 282 g/mol. The van der Waals surface area contributed by atoms with E-state index in [1.54, 1.807) is 15.9 Å². The molecule has 3 aromatic rings. The zero-order chi connectivity index (χ0) is 14.4. The number of para-hydroxylation sites is 1. The van der Waals surface area contributed by atoms with Crippen LogP contribution in [0.25, 0.3) is 10.9 Å². The van der Waals surface area contributed by atoms with Crippen LogP contribution in [-0.4, -0.2) is 41.9 Å². The number of hydrogen-bond acceptors (Lipinski definition) is 4. The molecule has 0 N–H and O–H groups in total. The maximum absolute atomic E-state index is 12.8. The molecular formula is C14H14N6O. The molecule has 2 aromatic heterocycles. The van der Waals surface area contributed by atoms with Crippen molar-refractivity contribution in [1.29, 1.82) is 0 Å². The average molecular weight is 282 g/mol. The second kappa shape index (κ2) is 4.41. The van der Waals surface area contributed by atoms with Gasteiger partial charge in [0.25, 0.3) is 5.91 Å². The van der Waals surface area contributed by atoms with Crippen LogP contribution in [0, 0.1) is 0 Å². The molecule has 0 atom stereocenters. The minimum atomic E-state index is -0.0546. The summed E-state index contributed by atoms with van der Waals surface area (Å²) in [6.07, 6.45) is 1.70. The second-order valence-corrected chi connectivity index (χ2v) is 5.16. The number of rotatable bonds is 1. The molecular weight excluding hydrogens is 268 g/mol. The smallest absolute Gasteiger partial charge is 0.275 e. The number of benzene rings is 1. The highest BCUT2D eigenvalue weighted by atomic mass is 16.2. The molecule has 106 valence electrons. The molecule has 7 nitrogen and oxygen atoms in total. The van der Waals surface area contributed by atoms with Crippen LogP contribution in [-0.2, 0) is 20.1 Å². The third kappa shape index (κ3) is 1.81. The number of nitrogens with zero attached hydrogens (tertiary/aromatic N) is 6. The number of carbonyl (C=O) groups is 1. The summed E-state index contributed by atoms with van der Waals surface area (Å²) in [7, 11) is 1.85. The van der Waals surface area contributed by atoms with E-state index >= 15 is 0 Å². The van der Waals surface area contributed by atoms with Gasteiger partial charge in [0.2, 0.25) is 0 Å². The quantitative estimate of drug-likeness (QED) is 0.662. The highest BCUT2D eigenvalue weighted by Crippen LogP contribution is 2.20. The molecule has 0 radical (unpaired) electrons. The van der Waals surface area contributed by atoms with Gasteiger partial charge in [0.1, 0.15) is 6.33 Å². The fourth-order valence-corrected chi connectivity index (χ4v) is 2.76. The van der Waals surface area contributed by atoms with Gasteiger partial charge in [-0.05, 0) is 6.07 Å². The molecule has 0 saturated carbocycles. The van der Waals surface area contributed by atoms with Crippen LogP contribution in [0.1, 0.15) is 16.3 Å². The first kappa shape index (κ1) is 12.1. The summed E-state index contributed by atoms with van der Waals surface area (Å²) in [4.78, 5) is 14.5. The minimum Gasteiger partial charge on any atom is -0.328 e. The number of carbonyl (C=O) groups excluding carboxylic acids is 1. The van der Waals surface area contributed by atoms with Crippen LogP contribution >= 0.6 is 0 Å². The van der Waals surface area contributed by atoms with Gasteiger partial charge in [-0.2, -0.15) is 5.10 Å². The van der Waals surface area contributed by atoms with Crippen molar-refractivity contribution in [3.05, 3.63) is 42.1 Å². The van der Waals surface area contributed by atoms with E-state index in [-0.39, 0.29) is 5.91 Å². The van der Waals surface area contributed by atoms with E-state index in [0.29, 0.717) is 18.8 Å². The van der Waals surface area contributed by atoms with Crippen LogP contribution in [0.4, 0.5) is 0 Å². The molecule has 0 bridgehead atoms. The zero-order valence-electron chi connectivity index (χ0n) is 11.6. The Bertz CT molecular complexity index is 833. The number of amides is 1. The Hall–Kier alpha value is -2.70. The van der Waals surface area contributed by atoms with Crippen LogP contribution < -0.4 is 0 Å². The Morgan fingerprint density at radius 1 is 1.24 bits per heavy atom. The molecule has 21 heavy (non-hydrogen) atoms. The largest absolute Gasteiger partial charge is 0.328 e. The normalized spacial score (nSPS) is 14.4. The molecule has 0 fully saturated rings. The molecule has 1 aliphatic rings. The van der Waals surface area contributed by atoms with Crippen molar-refractivity contribution in [3.63, 3.8) is 0 Å². The predicted molar refractivity (Wildman–Crippen MR) is 75.5 cm³/mol. The van der Waals surface area contributed by atoms with Crippen LogP contribution in [0.15, 0.2) is 30.6 Å². The van der Waals surface area contributed by atoms with Gasteiger partial charge in [0.05, 0.1) is 12.1 Å². The Balaban J connectivity index is 1.71. The Morgan fingerprint density at radius 3 is 3.00 bits per heavy atom. The third-order valence-electron chi connectivity index (χ3n) is 3.89. The lowest BCUT2D eigenvalue weighted by Crippen LogP contribution is -2.38. The van der Waals surface area contributed by atoms with E-state index in [4.69, 9.17) is 0 Å². The second-order valence-electron chi connectivity index (χ2n) is 5.16. The Morgan fingerprint density at radius 2 is 2.10 bits per heavy atom. The molecule has 1 aliphatic heterocycles. The van der Waals surface area contributed by atoms with E-state index in [0.717, 1.165) is 23.3 Å². The van der Waals surface area contributed by atoms with Gasteiger partial charge in [-0.25, -0.2) is 0 Å². The SMILES string of the molecule is Cn1nc(C(=O)N2CCn3cnnc3C2)c2ccccc21. The number of aryl methyl sites for hydroxylation is 1. The summed E-state index contributed by atoms with van der Waals surface area (Å²) < 4.78 is 3.72. The van der Waals surface area contributed by atoms with E-state index in [1.807, 2.05) is 35.9 Å². The van der Waals surface area contributed by atoms with Gasteiger partial charge in [-0.1, -0.05) is 18.2 Å². The summed E-state index contributed by atoms with van der Waals surface area (Å²) in [5, 5.41) is 13.2. The van der Waals surface area contributed by atoms with Gasteiger partial charge in [0.15, 0.2) is 11.5 Å². The predicted octanol–water partition coefficient (Wildman–Crippen LogP) is 0.821. The molecule has 4 rings (SSSR count). The maximum Gasteiger partial charge on any atom is 0.275 e. The van der Waals surface area contributed by atoms with Crippen molar-refractivity contribution in [1.82, 2.24) is 29.4 Å². The van der Waals surface area contributed by atoms with Crippen molar-refractivity contribution in [2.45, 2.75) is 13.1 Å². The van der Waals surface area contributed by atoms with Crippen molar-refractivity contribution in [2.24, 2.45) is 7.05 Å². The highest BCUT2D eigenvalue weighted by Gasteiger charge is 2.26. The van der Waals surface area contributed by atoms with Gasteiger partial charge in [-0.15, -0.1) is 10.2 Å². The van der Waals surface area contributed by atoms with Gasteiger partial charge in [0, 0.05) is 25.5 Å². The summed E-state index contributed by atoms with van der Waals surface area (Å²) in [6.45, 7) is 1.84. The summed E-state index contributed by atoms with van der Waals surface area (Å²) >= 11 is 0. The van der Waals surface area contributed by atoms with E-state index in [2.05, 4.69) is 15.3 Å². The maximum atomic E-state index is 12.8. The number of hydrogen-bond donors (Lipinski definition) is 0. The topological polar surface area (TPSA) is 68.8 Å². The van der Waals surface area contributed by atoms with Crippen molar-refractivity contribution >= 4 is 16.8 Å². The zero-order valence-corrected chi connectivity index (χ0v) is 11.6. The highest BCUT2D eigenvalue weighted by molar-refractivity contribution is 6.04. The van der Waals surface area contributed by atoms with E-state index in [9.17, 15) is 4.79 Å². The van der Waals surface area contributed by atoms with Gasteiger partial charge >= 0.3 is 0 Å². The molecule has 0 spiro atoms. The van der Waals surface area contributed by atoms with Crippen LogP contribution in [0.2, 0.25) is 0 Å². The lowest BCUT2D eigenvalue weighted by molar-refractivity contribution is 0.0702. The summed E-state index contributed by atoms with van der Waals surface area (Å²) in [5.41, 5.74) is 1.46. The average Bonchev–Trinajstić information content (AvgIpc) is 3.11. The number of aromatic nitrogens is 5. The minimum absolute atomic E-state index is 0.0546. The summed E-state index contributed by atoms with van der Waals surface area (Å²) in [5.74, 6) is 0.760. The van der Waals surface area contributed by atoms with E-state index < -0.39 is 0 Å². The molecule has 1 amide bonds. The summed E-state index contributed by atoms with van der Waals surface area (Å²) in [6, 6.07) is 7.77. The molecule has 0 saturated heterocycles. The van der Waals surface area contributed by atoms with Crippen LogP contribution in [0.3, 0.4) is 0 Å². The van der Waals surface area contributed by atoms with E-state index in [1.165, 1.54) is 0 Å². The molecule has 0 unspecified atom stereocenters. The molecule has 0 aliphatic carbocycles. The standard InChI is InChI=1S/C14H14N6O/c1-18-11-5-3-2-4-10(11)13(17-18)14(21)19-6-7-20-9-15-16-12(20)8-19/h2-5,9H,6-8H2,1H3. The van der Waals surface area contributed by atoms with Crippen molar-refractivity contribution in [2.75, 3.05) is 6.54 Å². The lowest BCUT2D eigenvalue weighted by atomic mass is 10.2. The molecule has 1 aromatic carbocycles. The van der Waals surface area contributed by atoms with Gasteiger partial charge < -0.3 is 9.47 Å². The van der Waals surface area contributed by atoms with Crippen molar-refractivity contribution < 1.29 is 4.79 Å². The molecule has 3 heterocycles. The Labute approximate surface area is 120 Å².